The van der Waals surface area contributed by atoms with Gasteiger partial charge in [-0.05, 0) is 36.0 Å². The van der Waals surface area contributed by atoms with Gasteiger partial charge in [-0.3, -0.25) is 0 Å². The third kappa shape index (κ3) is 3.20. The predicted molar refractivity (Wildman–Crippen MR) is 82.4 cm³/mol. The summed E-state index contributed by atoms with van der Waals surface area (Å²) in [6.07, 6.45) is 1.25. The summed E-state index contributed by atoms with van der Waals surface area (Å²) in [6.45, 7) is 0. The summed E-state index contributed by atoms with van der Waals surface area (Å²) in [4.78, 5) is 1.31. The van der Waals surface area contributed by atoms with E-state index >= 15 is 0 Å². The summed E-state index contributed by atoms with van der Waals surface area (Å²) in [5.74, 6) is 2.36. The van der Waals surface area contributed by atoms with E-state index in [9.17, 15) is 0 Å². The van der Waals surface area contributed by atoms with E-state index in [1.54, 1.807) is 0 Å². The van der Waals surface area contributed by atoms with Crippen LogP contribution in [0, 0.1) is 5.92 Å². The van der Waals surface area contributed by atoms with Crippen molar-refractivity contribution in [3.63, 3.8) is 0 Å². The van der Waals surface area contributed by atoms with Crippen molar-refractivity contribution < 1.29 is 0 Å². The molecule has 2 aromatic carbocycles. The number of hydrogen-bond acceptors (Lipinski definition) is 2. The Morgan fingerprint density at radius 3 is 2.32 bits per heavy atom. The average molecular weight is 269 g/mol. The lowest BCUT2D eigenvalue weighted by Crippen LogP contribution is -2.25. The fraction of sp³-hybridized carbons (Fsp3) is 0.294. The van der Waals surface area contributed by atoms with Crippen LogP contribution in [0.15, 0.2) is 65.6 Å². The molecule has 0 aliphatic heterocycles. The minimum Gasteiger partial charge on any atom is -0.327 e. The molecule has 0 saturated heterocycles. The van der Waals surface area contributed by atoms with Crippen LogP contribution in [-0.4, -0.2) is 11.8 Å². The Morgan fingerprint density at radius 2 is 1.63 bits per heavy atom. The maximum absolute atomic E-state index is 6.33. The highest BCUT2D eigenvalue weighted by molar-refractivity contribution is 7.99. The molecule has 3 unspecified atom stereocenters. The topological polar surface area (TPSA) is 26.0 Å². The molecule has 0 aromatic heterocycles. The third-order valence-electron chi connectivity index (χ3n) is 3.80. The molecule has 2 N–H and O–H groups in total. The Hall–Kier alpha value is -1.25. The Bertz CT molecular complexity index is 511. The number of nitrogens with two attached hydrogens (primary N) is 1. The van der Waals surface area contributed by atoms with Gasteiger partial charge in [-0.25, -0.2) is 0 Å². The van der Waals surface area contributed by atoms with Gasteiger partial charge in [-0.15, -0.1) is 11.8 Å². The van der Waals surface area contributed by atoms with E-state index < -0.39 is 0 Å². The molecule has 2 aromatic rings. The molecule has 1 fully saturated rings. The van der Waals surface area contributed by atoms with E-state index in [-0.39, 0.29) is 0 Å². The quantitative estimate of drug-likeness (QED) is 0.833. The molecule has 1 saturated carbocycles. The van der Waals surface area contributed by atoms with Gasteiger partial charge in [-0.1, -0.05) is 48.5 Å². The Kier molecular flexibility index (Phi) is 3.90. The molecule has 1 nitrogen and oxygen atoms in total. The zero-order chi connectivity index (χ0) is 13.1. The lowest BCUT2D eigenvalue weighted by molar-refractivity contribution is 0.640. The average Bonchev–Trinajstić information content (AvgIpc) is 3.27. The van der Waals surface area contributed by atoms with Crippen LogP contribution < -0.4 is 5.73 Å². The second-order valence-corrected chi connectivity index (χ2v) is 6.30. The summed E-state index contributed by atoms with van der Waals surface area (Å²) >= 11 is 1.87. The molecule has 1 aliphatic carbocycles. The van der Waals surface area contributed by atoms with E-state index in [0.29, 0.717) is 17.9 Å². The number of rotatable bonds is 5. The summed E-state index contributed by atoms with van der Waals surface area (Å²) in [6, 6.07) is 21.6. The van der Waals surface area contributed by atoms with Crippen molar-refractivity contribution in [1.82, 2.24) is 0 Å². The minimum absolute atomic E-state index is 0.301. The van der Waals surface area contributed by atoms with Crippen molar-refractivity contribution in [2.45, 2.75) is 23.3 Å². The molecule has 0 radical (unpaired) electrons. The maximum Gasteiger partial charge on any atom is 0.0168 e. The van der Waals surface area contributed by atoms with Crippen LogP contribution in [0.3, 0.4) is 0 Å². The number of thioether (sulfide) groups is 1. The zero-order valence-corrected chi connectivity index (χ0v) is 11.7. The van der Waals surface area contributed by atoms with E-state index in [2.05, 4.69) is 60.7 Å². The summed E-state index contributed by atoms with van der Waals surface area (Å²) in [7, 11) is 0. The molecular weight excluding hydrogens is 250 g/mol. The molecule has 0 amide bonds. The molecule has 3 atom stereocenters. The van der Waals surface area contributed by atoms with Gasteiger partial charge in [0.25, 0.3) is 0 Å². The van der Waals surface area contributed by atoms with E-state index in [4.69, 9.17) is 5.73 Å². The summed E-state index contributed by atoms with van der Waals surface area (Å²) in [5, 5.41) is 0. The third-order valence-corrected chi connectivity index (χ3v) is 4.96. The highest BCUT2D eigenvalue weighted by Gasteiger charge is 2.42. The SMILES string of the molecule is NC(CSc1ccccc1)C1CC1c1ccccc1. The smallest absolute Gasteiger partial charge is 0.0168 e. The molecule has 0 spiro atoms. The van der Waals surface area contributed by atoms with Gasteiger partial charge in [0.1, 0.15) is 0 Å². The molecular formula is C17H19NS. The van der Waals surface area contributed by atoms with Crippen LogP contribution in [0.1, 0.15) is 17.9 Å². The predicted octanol–water partition coefficient (Wildman–Crippen LogP) is 3.91. The largest absolute Gasteiger partial charge is 0.327 e. The highest BCUT2D eigenvalue weighted by Crippen LogP contribution is 2.49. The molecule has 0 bridgehead atoms. The monoisotopic (exact) mass is 269 g/mol. The van der Waals surface area contributed by atoms with Gasteiger partial charge in [0.05, 0.1) is 0 Å². The van der Waals surface area contributed by atoms with Crippen LogP contribution in [0.5, 0.6) is 0 Å². The van der Waals surface area contributed by atoms with Gasteiger partial charge in [0.2, 0.25) is 0 Å². The summed E-state index contributed by atoms with van der Waals surface area (Å²) in [5.41, 5.74) is 7.79. The van der Waals surface area contributed by atoms with Gasteiger partial charge < -0.3 is 5.73 Å². The fourth-order valence-electron chi connectivity index (χ4n) is 2.60. The van der Waals surface area contributed by atoms with E-state index in [1.165, 1.54) is 16.9 Å². The molecule has 19 heavy (non-hydrogen) atoms. The van der Waals surface area contributed by atoms with Gasteiger partial charge in [0.15, 0.2) is 0 Å². The maximum atomic E-state index is 6.33. The second kappa shape index (κ2) is 5.81. The van der Waals surface area contributed by atoms with E-state index in [1.807, 2.05) is 11.8 Å². The van der Waals surface area contributed by atoms with Gasteiger partial charge >= 0.3 is 0 Å². The Labute approximate surface area is 119 Å². The first-order valence-electron chi connectivity index (χ1n) is 6.83. The number of benzene rings is 2. The number of hydrogen-bond donors (Lipinski definition) is 1. The van der Waals surface area contributed by atoms with Crippen molar-refractivity contribution in [2.75, 3.05) is 5.75 Å². The summed E-state index contributed by atoms with van der Waals surface area (Å²) < 4.78 is 0. The molecule has 3 rings (SSSR count). The van der Waals surface area contributed by atoms with Crippen LogP contribution in [0.25, 0.3) is 0 Å². The van der Waals surface area contributed by atoms with Crippen LogP contribution in [0.4, 0.5) is 0 Å². The molecule has 2 heteroatoms. The first-order valence-corrected chi connectivity index (χ1v) is 7.81. The first kappa shape index (κ1) is 12.8. The lowest BCUT2D eigenvalue weighted by atomic mass is 10.1. The lowest BCUT2D eigenvalue weighted by Gasteiger charge is -2.11. The molecule has 98 valence electrons. The Balaban J connectivity index is 1.52. The first-order chi connectivity index (χ1) is 9.34. The second-order valence-electron chi connectivity index (χ2n) is 5.20. The van der Waals surface area contributed by atoms with Crippen molar-refractivity contribution in [3.05, 3.63) is 66.2 Å². The normalized spacial score (nSPS) is 23.0. The van der Waals surface area contributed by atoms with Gasteiger partial charge in [0, 0.05) is 16.7 Å². The van der Waals surface area contributed by atoms with Crippen LogP contribution in [-0.2, 0) is 0 Å². The fourth-order valence-corrected chi connectivity index (χ4v) is 3.59. The van der Waals surface area contributed by atoms with Crippen LogP contribution >= 0.6 is 11.8 Å². The van der Waals surface area contributed by atoms with Crippen molar-refractivity contribution in [2.24, 2.45) is 11.7 Å². The van der Waals surface area contributed by atoms with Gasteiger partial charge in [-0.2, -0.15) is 0 Å². The van der Waals surface area contributed by atoms with Crippen molar-refractivity contribution in [3.8, 4) is 0 Å². The highest BCUT2D eigenvalue weighted by atomic mass is 32.2. The standard InChI is InChI=1S/C17H19NS/c18-17(12-19-14-9-5-2-6-10-14)16-11-15(16)13-7-3-1-4-8-13/h1-10,15-17H,11-12,18H2. The Morgan fingerprint density at radius 1 is 1.00 bits per heavy atom. The van der Waals surface area contributed by atoms with Crippen molar-refractivity contribution in [1.29, 1.82) is 0 Å². The van der Waals surface area contributed by atoms with Crippen molar-refractivity contribution >= 4 is 11.8 Å². The zero-order valence-electron chi connectivity index (χ0n) is 10.9. The minimum atomic E-state index is 0.301. The molecule has 0 heterocycles. The molecule has 1 aliphatic rings. The van der Waals surface area contributed by atoms with E-state index in [0.717, 1.165) is 5.75 Å². The van der Waals surface area contributed by atoms with Crippen LogP contribution in [0.2, 0.25) is 0 Å².